The number of esters is 1. The standard InChI is InChI=1S/C39H71N3O6/c1-7-8-9-10-11-12-13-14-15-16-17-18-19-20-25-31(2)41-37(45)42-32-26-21-22-27-33(32)47-34(43)28-23-24-29-40-36(44)35-38(3,4)30-46-39(5,6)48-35/h14-15,31-33,35H,7-13,16-30H2,1-6H3,(H,40,44)(H2,41,42,45). The number of hydrogen-bond acceptors (Lipinski definition) is 6. The van der Waals surface area contributed by atoms with E-state index < -0.39 is 17.3 Å². The fourth-order valence-electron chi connectivity index (χ4n) is 6.50. The Labute approximate surface area is 292 Å². The summed E-state index contributed by atoms with van der Waals surface area (Å²) in [5.41, 5.74) is -0.424. The molecule has 9 heteroatoms. The molecule has 1 heterocycles. The number of hydrogen-bond donors (Lipinski definition) is 3. The third-order valence-corrected chi connectivity index (χ3v) is 9.58. The molecular formula is C39H71N3O6. The third kappa shape index (κ3) is 18.0. The predicted molar refractivity (Wildman–Crippen MR) is 194 cm³/mol. The molecule has 1 saturated heterocycles. The second kappa shape index (κ2) is 23.3. The van der Waals surface area contributed by atoms with Gasteiger partial charge < -0.3 is 30.2 Å². The molecule has 1 aliphatic carbocycles. The summed E-state index contributed by atoms with van der Waals surface area (Å²) in [5, 5.41) is 9.13. The topological polar surface area (TPSA) is 115 Å². The molecule has 9 nitrogen and oxygen atoms in total. The molecule has 2 aliphatic rings. The first-order valence-corrected chi connectivity index (χ1v) is 19.4. The third-order valence-electron chi connectivity index (χ3n) is 9.58. The average Bonchev–Trinajstić information content (AvgIpc) is 3.03. The SMILES string of the molecule is CCCCCCCCC=CCCCCCCC(C)NC(=O)NC1CCCCC1OC(=O)CCCCNC(=O)C1OC(C)(C)OCC1(C)C. The highest BCUT2D eigenvalue weighted by molar-refractivity contribution is 5.81. The van der Waals surface area contributed by atoms with E-state index in [4.69, 9.17) is 14.2 Å². The smallest absolute Gasteiger partial charge is 0.315 e. The van der Waals surface area contributed by atoms with Gasteiger partial charge in [0.15, 0.2) is 5.79 Å². The first-order valence-electron chi connectivity index (χ1n) is 19.4. The van der Waals surface area contributed by atoms with E-state index in [1.54, 1.807) is 0 Å². The van der Waals surface area contributed by atoms with Gasteiger partial charge in [-0.25, -0.2) is 4.79 Å². The van der Waals surface area contributed by atoms with Crippen LogP contribution in [0.5, 0.6) is 0 Å². The summed E-state index contributed by atoms with van der Waals surface area (Å²) in [4.78, 5) is 38.2. The molecule has 4 atom stereocenters. The largest absolute Gasteiger partial charge is 0.460 e. The molecular weight excluding hydrogens is 606 g/mol. The molecule has 2 fully saturated rings. The number of urea groups is 1. The normalized spacial score (nSPS) is 22.6. The van der Waals surface area contributed by atoms with E-state index >= 15 is 0 Å². The van der Waals surface area contributed by atoms with Crippen LogP contribution in [0.15, 0.2) is 12.2 Å². The first-order chi connectivity index (χ1) is 22.9. The summed E-state index contributed by atoms with van der Waals surface area (Å²) < 4.78 is 17.4. The van der Waals surface area contributed by atoms with Crippen molar-refractivity contribution in [2.45, 2.75) is 200 Å². The van der Waals surface area contributed by atoms with E-state index in [0.29, 0.717) is 26.0 Å². The van der Waals surface area contributed by atoms with Crippen molar-refractivity contribution < 1.29 is 28.6 Å². The number of nitrogens with one attached hydrogen (secondary N) is 3. The number of amides is 3. The molecule has 2 rings (SSSR count). The summed E-state index contributed by atoms with van der Waals surface area (Å²) in [6.07, 6.45) is 25.2. The average molecular weight is 678 g/mol. The van der Waals surface area contributed by atoms with Crippen LogP contribution in [-0.2, 0) is 23.8 Å². The molecule has 0 radical (unpaired) electrons. The van der Waals surface area contributed by atoms with Gasteiger partial charge in [-0.05, 0) is 85.0 Å². The molecule has 1 aliphatic heterocycles. The summed E-state index contributed by atoms with van der Waals surface area (Å²) >= 11 is 0. The number of carbonyl (C=O) groups excluding carboxylic acids is 3. The van der Waals surface area contributed by atoms with Gasteiger partial charge in [-0.2, -0.15) is 0 Å². The van der Waals surface area contributed by atoms with Gasteiger partial charge >= 0.3 is 12.0 Å². The highest BCUT2D eigenvalue weighted by atomic mass is 16.7. The second-order valence-corrected chi connectivity index (χ2v) is 15.4. The van der Waals surface area contributed by atoms with E-state index in [0.717, 1.165) is 38.5 Å². The lowest BCUT2D eigenvalue weighted by Gasteiger charge is -2.44. The van der Waals surface area contributed by atoms with Crippen LogP contribution < -0.4 is 16.0 Å². The predicted octanol–water partition coefficient (Wildman–Crippen LogP) is 8.64. The Hall–Kier alpha value is -2.13. The van der Waals surface area contributed by atoms with Gasteiger partial charge in [0.25, 0.3) is 0 Å². The highest BCUT2D eigenvalue weighted by Gasteiger charge is 2.45. The van der Waals surface area contributed by atoms with Crippen molar-refractivity contribution in [2.24, 2.45) is 5.41 Å². The van der Waals surface area contributed by atoms with E-state index in [-0.39, 0.29) is 42.5 Å². The van der Waals surface area contributed by atoms with Crippen LogP contribution in [0, 0.1) is 5.41 Å². The first kappa shape index (κ1) is 42.0. The number of carbonyl (C=O) groups is 3. The second-order valence-electron chi connectivity index (χ2n) is 15.4. The quantitative estimate of drug-likeness (QED) is 0.0567. The minimum Gasteiger partial charge on any atom is -0.460 e. The van der Waals surface area contributed by atoms with Gasteiger partial charge in [-0.15, -0.1) is 0 Å². The molecule has 0 bridgehead atoms. The molecule has 1 saturated carbocycles. The Kier molecular flexibility index (Phi) is 20.4. The summed E-state index contributed by atoms with van der Waals surface area (Å²) in [6.45, 7) is 12.8. The number of rotatable bonds is 23. The minimum atomic E-state index is -0.796. The maximum atomic E-state index is 12.8. The van der Waals surface area contributed by atoms with Crippen LogP contribution in [0.4, 0.5) is 4.79 Å². The highest BCUT2D eigenvalue weighted by Crippen LogP contribution is 2.34. The minimum absolute atomic E-state index is 0.0999. The van der Waals surface area contributed by atoms with E-state index in [9.17, 15) is 14.4 Å². The Morgan fingerprint density at radius 3 is 2.21 bits per heavy atom. The van der Waals surface area contributed by atoms with Crippen LogP contribution >= 0.6 is 0 Å². The van der Waals surface area contributed by atoms with Crippen molar-refractivity contribution >= 4 is 17.9 Å². The zero-order valence-corrected chi connectivity index (χ0v) is 31.5. The maximum Gasteiger partial charge on any atom is 0.315 e. The molecule has 3 N–H and O–H groups in total. The van der Waals surface area contributed by atoms with Crippen LogP contribution in [0.3, 0.4) is 0 Å². The number of ether oxygens (including phenoxy) is 3. The number of unbranched alkanes of at least 4 members (excludes halogenated alkanes) is 11. The zero-order valence-electron chi connectivity index (χ0n) is 31.5. The maximum absolute atomic E-state index is 12.8. The fraction of sp³-hybridized carbons (Fsp3) is 0.872. The lowest BCUT2D eigenvalue weighted by molar-refractivity contribution is -0.304. The molecule has 0 aromatic carbocycles. The van der Waals surface area contributed by atoms with Crippen LogP contribution in [-0.4, -0.2) is 61.1 Å². The molecule has 278 valence electrons. The summed E-state index contributed by atoms with van der Waals surface area (Å²) in [5.74, 6) is -1.20. The monoisotopic (exact) mass is 678 g/mol. The van der Waals surface area contributed by atoms with Gasteiger partial charge in [0, 0.05) is 24.4 Å². The molecule has 48 heavy (non-hydrogen) atoms. The van der Waals surface area contributed by atoms with Crippen LogP contribution in [0.2, 0.25) is 0 Å². The lowest BCUT2D eigenvalue weighted by Crippen LogP contribution is -2.56. The van der Waals surface area contributed by atoms with Gasteiger partial charge in [-0.3, -0.25) is 9.59 Å². The van der Waals surface area contributed by atoms with Gasteiger partial charge in [0.2, 0.25) is 5.91 Å². The molecule has 0 aromatic rings. The summed E-state index contributed by atoms with van der Waals surface area (Å²) in [6, 6.07) is -0.250. The van der Waals surface area contributed by atoms with Crippen molar-refractivity contribution in [3.8, 4) is 0 Å². The van der Waals surface area contributed by atoms with E-state index in [2.05, 4.69) is 41.9 Å². The van der Waals surface area contributed by atoms with Gasteiger partial charge in [0.1, 0.15) is 12.2 Å². The molecule has 3 amide bonds. The van der Waals surface area contributed by atoms with E-state index in [1.165, 1.54) is 70.6 Å². The van der Waals surface area contributed by atoms with Gasteiger partial charge in [0.05, 0.1) is 12.6 Å². The van der Waals surface area contributed by atoms with E-state index in [1.807, 2.05) is 27.7 Å². The summed E-state index contributed by atoms with van der Waals surface area (Å²) in [7, 11) is 0. The molecule has 0 spiro atoms. The Morgan fingerprint density at radius 1 is 0.854 bits per heavy atom. The lowest BCUT2D eigenvalue weighted by atomic mass is 9.85. The zero-order chi connectivity index (χ0) is 35.3. The number of allylic oxidation sites excluding steroid dienone is 2. The van der Waals surface area contributed by atoms with Crippen molar-refractivity contribution in [1.29, 1.82) is 0 Å². The van der Waals surface area contributed by atoms with Crippen LogP contribution in [0.1, 0.15) is 170 Å². The van der Waals surface area contributed by atoms with Crippen molar-refractivity contribution in [1.82, 2.24) is 16.0 Å². The Balaban J connectivity index is 1.54. The van der Waals surface area contributed by atoms with Crippen molar-refractivity contribution in [3.05, 3.63) is 12.2 Å². The van der Waals surface area contributed by atoms with Gasteiger partial charge in [-0.1, -0.05) is 90.7 Å². The van der Waals surface area contributed by atoms with Crippen LogP contribution in [0.25, 0.3) is 0 Å². The Morgan fingerprint density at radius 2 is 1.50 bits per heavy atom. The molecule has 4 unspecified atom stereocenters. The fourth-order valence-corrected chi connectivity index (χ4v) is 6.50. The molecule has 0 aromatic heterocycles. The van der Waals surface area contributed by atoms with Crippen molar-refractivity contribution in [2.75, 3.05) is 13.2 Å². The van der Waals surface area contributed by atoms with Crippen molar-refractivity contribution in [3.63, 3.8) is 0 Å². The Bertz CT molecular complexity index is 952.